The molecule has 1 aromatic rings. The van der Waals surface area contributed by atoms with Gasteiger partial charge < -0.3 is 15.3 Å². The van der Waals surface area contributed by atoms with Crippen LogP contribution in [-0.2, 0) is 20.8 Å². The highest BCUT2D eigenvalue weighted by atomic mass is 16.4. The second-order valence-corrected chi connectivity index (χ2v) is 5.48. The Labute approximate surface area is 142 Å². The predicted molar refractivity (Wildman–Crippen MR) is 89.3 cm³/mol. The minimum absolute atomic E-state index is 0.0562. The van der Waals surface area contributed by atoms with E-state index in [4.69, 9.17) is 5.11 Å². The molecule has 1 rings (SSSR count). The number of rotatable bonds is 11. The number of carbonyl (C=O) groups excluding carboxylic acids is 2. The summed E-state index contributed by atoms with van der Waals surface area (Å²) in [5.41, 5.74) is 1.12. The fourth-order valence-electron chi connectivity index (χ4n) is 2.22. The molecule has 0 unspecified atom stereocenters. The summed E-state index contributed by atoms with van der Waals surface area (Å²) < 4.78 is 0. The van der Waals surface area contributed by atoms with Crippen LogP contribution in [0, 0.1) is 0 Å². The number of carbonyl (C=O) groups is 3. The molecule has 24 heavy (non-hydrogen) atoms. The van der Waals surface area contributed by atoms with Gasteiger partial charge in [-0.05, 0) is 30.5 Å². The van der Waals surface area contributed by atoms with E-state index in [1.165, 1.54) is 0 Å². The van der Waals surface area contributed by atoms with Crippen LogP contribution in [0.5, 0.6) is 0 Å². The number of aromatic nitrogens is 1. The van der Waals surface area contributed by atoms with E-state index in [9.17, 15) is 14.4 Å². The average Bonchev–Trinajstić information content (AvgIpc) is 2.57. The second-order valence-electron chi connectivity index (χ2n) is 5.48. The zero-order valence-corrected chi connectivity index (χ0v) is 14.0. The molecule has 0 aromatic carbocycles. The minimum atomic E-state index is -0.961. The molecule has 0 radical (unpaired) electrons. The first kappa shape index (κ1) is 19.6. The predicted octanol–water partition coefficient (Wildman–Crippen LogP) is 1.23. The monoisotopic (exact) mass is 335 g/mol. The summed E-state index contributed by atoms with van der Waals surface area (Å²) in [5.74, 6) is -1.31. The van der Waals surface area contributed by atoms with Crippen LogP contribution >= 0.6 is 0 Å². The summed E-state index contributed by atoms with van der Waals surface area (Å²) in [6.07, 6.45) is 5.15. The van der Waals surface area contributed by atoms with E-state index >= 15 is 0 Å². The van der Waals surface area contributed by atoms with Gasteiger partial charge in [-0.15, -0.1) is 0 Å². The van der Waals surface area contributed by atoms with Crippen LogP contribution in [0.1, 0.15) is 38.2 Å². The van der Waals surface area contributed by atoms with Gasteiger partial charge in [-0.25, -0.2) is 0 Å². The lowest BCUT2D eigenvalue weighted by Crippen LogP contribution is -2.35. The summed E-state index contributed by atoms with van der Waals surface area (Å²) >= 11 is 0. The van der Waals surface area contributed by atoms with Crippen LogP contribution in [0.2, 0.25) is 0 Å². The maximum absolute atomic E-state index is 12.3. The fraction of sp³-hybridized carbons (Fsp3) is 0.529. The van der Waals surface area contributed by atoms with Crippen molar-refractivity contribution in [2.24, 2.45) is 0 Å². The zero-order chi connectivity index (χ0) is 17.8. The van der Waals surface area contributed by atoms with Gasteiger partial charge in [0.05, 0.1) is 6.42 Å². The molecular weight excluding hydrogens is 310 g/mol. The van der Waals surface area contributed by atoms with Gasteiger partial charge in [-0.3, -0.25) is 19.4 Å². The molecule has 0 atom stereocenters. The number of hydrogen-bond donors (Lipinski definition) is 2. The normalized spacial score (nSPS) is 10.2. The lowest BCUT2D eigenvalue weighted by atomic mass is 10.1. The molecular formula is C17H25N3O4. The summed E-state index contributed by atoms with van der Waals surface area (Å²) in [7, 11) is 0. The molecule has 0 fully saturated rings. The number of carboxylic acids is 1. The Bertz CT molecular complexity index is 534. The molecule has 0 aliphatic heterocycles. The molecule has 0 spiro atoms. The number of nitrogens with one attached hydrogen (secondary N) is 1. The fourth-order valence-corrected chi connectivity index (χ4v) is 2.22. The summed E-state index contributed by atoms with van der Waals surface area (Å²) in [6.45, 7) is 3.36. The molecule has 7 heteroatoms. The van der Waals surface area contributed by atoms with Gasteiger partial charge in [-0.1, -0.05) is 6.92 Å². The van der Waals surface area contributed by atoms with Crippen LogP contribution < -0.4 is 5.32 Å². The van der Waals surface area contributed by atoms with Crippen molar-refractivity contribution in [1.29, 1.82) is 0 Å². The van der Waals surface area contributed by atoms with Crippen molar-refractivity contribution in [1.82, 2.24) is 15.2 Å². The molecule has 0 saturated carbocycles. The molecule has 0 bridgehead atoms. The molecule has 2 N–H and O–H groups in total. The van der Waals surface area contributed by atoms with Gasteiger partial charge >= 0.3 is 5.97 Å². The van der Waals surface area contributed by atoms with Crippen molar-refractivity contribution in [3.8, 4) is 0 Å². The third-order valence-corrected chi connectivity index (χ3v) is 3.49. The first-order valence-corrected chi connectivity index (χ1v) is 8.18. The number of hydrogen-bond acceptors (Lipinski definition) is 4. The maximum atomic E-state index is 12.3. The smallest absolute Gasteiger partial charge is 0.305 e. The third kappa shape index (κ3) is 8.26. The average molecular weight is 335 g/mol. The lowest BCUT2D eigenvalue weighted by molar-refractivity contribution is -0.137. The van der Waals surface area contributed by atoms with Gasteiger partial charge in [0.2, 0.25) is 11.8 Å². The molecule has 7 nitrogen and oxygen atoms in total. The van der Waals surface area contributed by atoms with Crippen molar-refractivity contribution in [2.45, 2.75) is 39.0 Å². The molecule has 0 saturated heterocycles. The van der Waals surface area contributed by atoms with E-state index in [-0.39, 0.29) is 37.6 Å². The quantitative estimate of drug-likeness (QED) is 0.634. The largest absolute Gasteiger partial charge is 0.481 e. The van der Waals surface area contributed by atoms with Gasteiger partial charge in [0, 0.05) is 44.9 Å². The van der Waals surface area contributed by atoms with Crippen LogP contribution in [0.3, 0.4) is 0 Å². The topological polar surface area (TPSA) is 99.6 Å². The Kier molecular flexibility index (Phi) is 9.11. The lowest BCUT2D eigenvalue weighted by Gasteiger charge is -2.22. The highest BCUT2D eigenvalue weighted by Crippen LogP contribution is 2.04. The number of carboxylic acid groups (broad SMARTS) is 1. The number of amides is 2. The molecule has 132 valence electrons. The van der Waals surface area contributed by atoms with E-state index in [1.54, 1.807) is 17.3 Å². The van der Waals surface area contributed by atoms with Crippen molar-refractivity contribution < 1.29 is 19.5 Å². The first-order valence-electron chi connectivity index (χ1n) is 8.18. The Morgan fingerprint density at radius 3 is 2.46 bits per heavy atom. The SMILES string of the molecule is CCCN(CCc1ccncc1)C(=O)CCC(=O)NCCC(=O)O. The van der Waals surface area contributed by atoms with Crippen molar-refractivity contribution in [3.63, 3.8) is 0 Å². The van der Waals surface area contributed by atoms with Crippen LogP contribution in [0.15, 0.2) is 24.5 Å². The van der Waals surface area contributed by atoms with Crippen LogP contribution in [-0.4, -0.2) is 52.4 Å². The van der Waals surface area contributed by atoms with Crippen LogP contribution in [0.25, 0.3) is 0 Å². The molecule has 1 heterocycles. The second kappa shape index (κ2) is 11.2. The Morgan fingerprint density at radius 1 is 1.12 bits per heavy atom. The third-order valence-electron chi connectivity index (χ3n) is 3.49. The summed E-state index contributed by atoms with van der Waals surface area (Å²) in [6, 6.07) is 3.84. The van der Waals surface area contributed by atoms with E-state index < -0.39 is 5.97 Å². The number of nitrogens with zero attached hydrogens (tertiary/aromatic N) is 2. The van der Waals surface area contributed by atoms with Crippen molar-refractivity contribution in [3.05, 3.63) is 30.1 Å². The summed E-state index contributed by atoms with van der Waals surface area (Å²) in [5, 5.41) is 11.0. The molecule has 1 aromatic heterocycles. The first-order chi connectivity index (χ1) is 11.5. The number of aliphatic carboxylic acids is 1. The van der Waals surface area contributed by atoms with E-state index in [0.717, 1.165) is 18.4 Å². The van der Waals surface area contributed by atoms with Gasteiger partial charge in [-0.2, -0.15) is 0 Å². The zero-order valence-electron chi connectivity index (χ0n) is 14.0. The van der Waals surface area contributed by atoms with E-state index in [0.29, 0.717) is 13.1 Å². The van der Waals surface area contributed by atoms with E-state index in [2.05, 4.69) is 10.3 Å². The summed E-state index contributed by atoms with van der Waals surface area (Å²) in [4.78, 5) is 40.0. The highest BCUT2D eigenvalue weighted by Gasteiger charge is 2.14. The maximum Gasteiger partial charge on any atom is 0.305 e. The minimum Gasteiger partial charge on any atom is -0.481 e. The van der Waals surface area contributed by atoms with Gasteiger partial charge in [0.15, 0.2) is 0 Å². The van der Waals surface area contributed by atoms with Crippen molar-refractivity contribution >= 4 is 17.8 Å². The Balaban J connectivity index is 2.36. The standard InChI is InChI=1S/C17H25N3O4/c1-2-12-20(13-8-14-5-9-18-10-6-14)16(22)4-3-15(21)19-11-7-17(23)24/h5-6,9-10H,2-4,7-8,11-13H2,1H3,(H,19,21)(H,23,24). The number of pyridine rings is 1. The molecule has 0 aliphatic rings. The highest BCUT2D eigenvalue weighted by molar-refractivity contribution is 5.84. The van der Waals surface area contributed by atoms with Gasteiger partial charge in [0.25, 0.3) is 0 Å². The van der Waals surface area contributed by atoms with E-state index in [1.807, 2.05) is 19.1 Å². The Hall–Kier alpha value is -2.44. The van der Waals surface area contributed by atoms with Crippen molar-refractivity contribution in [2.75, 3.05) is 19.6 Å². The van der Waals surface area contributed by atoms with Crippen LogP contribution in [0.4, 0.5) is 0 Å². The Morgan fingerprint density at radius 2 is 1.83 bits per heavy atom. The van der Waals surface area contributed by atoms with Gasteiger partial charge in [0.1, 0.15) is 0 Å². The molecule has 2 amide bonds. The molecule has 0 aliphatic carbocycles.